The summed E-state index contributed by atoms with van der Waals surface area (Å²) in [6.07, 6.45) is 6.33. The quantitative estimate of drug-likeness (QED) is 0.103. The van der Waals surface area contributed by atoms with E-state index >= 15 is 0 Å². The lowest BCUT2D eigenvalue weighted by atomic mass is 9.97. The number of non-ortho nitro benzene ring substituents is 1. The number of hydrazone groups is 1. The Balaban J connectivity index is 1.33. The van der Waals surface area contributed by atoms with Gasteiger partial charge in [-0.2, -0.15) is 20.1 Å². The van der Waals surface area contributed by atoms with Crippen LogP contribution in [0.1, 0.15) is 31.2 Å². The van der Waals surface area contributed by atoms with Crippen molar-refractivity contribution in [3.8, 4) is 0 Å². The first-order chi connectivity index (χ1) is 19.6. The molecule has 2 N–H and O–H groups in total. The van der Waals surface area contributed by atoms with Crippen LogP contribution in [0.25, 0.3) is 21.5 Å². The van der Waals surface area contributed by atoms with Crippen LogP contribution in [0.15, 0.2) is 84.0 Å². The van der Waals surface area contributed by atoms with Crippen LogP contribution >= 0.6 is 0 Å². The van der Waals surface area contributed by atoms with Crippen molar-refractivity contribution in [3.05, 3.63) is 94.5 Å². The molecule has 0 unspecified atom stereocenters. The van der Waals surface area contributed by atoms with Gasteiger partial charge in [0, 0.05) is 36.5 Å². The molecule has 1 aromatic heterocycles. The summed E-state index contributed by atoms with van der Waals surface area (Å²) in [5.74, 6) is 1.20. The highest BCUT2D eigenvalue weighted by molar-refractivity contribution is 6.13. The number of rotatable bonds is 7. The van der Waals surface area contributed by atoms with Crippen LogP contribution in [-0.4, -0.2) is 39.2 Å². The monoisotopic (exact) mass is 532 g/mol. The lowest BCUT2D eigenvalue weighted by Gasteiger charge is -2.21. The van der Waals surface area contributed by atoms with E-state index in [0.29, 0.717) is 23.5 Å². The zero-order valence-electron chi connectivity index (χ0n) is 21.8. The Morgan fingerprint density at radius 3 is 2.08 bits per heavy atom. The maximum absolute atomic E-state index is 11.0. The smallest absolute Gasteiger partial charge is 0.269 e. The first-order valence-electron chi connectivity index (χ1n) is 13.4. The van der Waals surface area contributed by atoms with E-state index in [1.165, 1.54) is 25.0 Å². The predicted molar refractivity (Wildman–Crippen MR) is 160 cm³/mol. The molecule has 0 radical (unpaired) electrons. The maximum atomic E-state index is 11.0. The number of nitrogens with one attached hydrogen (secondary N) is 2. The van der Waals surface area contributed by atoms with E-state index in [4.69, 9.17) is 0 Å². The molecule has 2 heterocycles. The van der Waals surface area contributed by atoms with Crippen LogP contribution in [0, 0.1) is 10.1 Å². The van der Waals surface area contributed by atoms with Crippen molar-refractivity contribution in [1.29, 1.82) is 0 Å². The van der Waals surface area contributed by atoms with Crippen molar-refractivity contribution in [3.63, 3.8) is 0 Å². The number of anilines is 4. The molecular weight excluding hydrogens is 504 g/mol. The Bertz CT molecular complexity index is 1640. The van der Waals surface area contributed by atoms with Gasteiger partial charge in [0.05, 0.1) is 11.1 Å². The number of aromatic nitrogens is 3. The van der Waals surface area contributed by atoms with E-state index in [1.54, 1.807) is 12.1 Å². The molecule has 40 heavy (non-hydrogen) atoms. The Kier molecular flexibility index (Phi) is 7.12. The first-order valence-corrected chi connectivity index (χ1v) is 13.4. The van der Waals surface area contributed by atoms with Crippen LogP contribution in [-0.2, 0) is 0 Å². The highest BCUT2D eigenvalue weighted by Gasteiger charge is 2.16. The standard InChI is InChI=1S/C30H28N8O2/c39-38(40)24-15-13-23(14-16-24)32-28-33-29(35-30(34-28)37-17-7-1-2-8-18-37)36-31-20-27-25-11-5-3-9-21(25)19-22-10-4-6-12-26(22)27/h3-6,9-16,19-20H,1-2,7-8,17-18H2,(H2,32,33,34,35,36). The number of nitro groups is 1. The molecule has 1 fully saturated rings. The van der Waals surface area contributed by atoms with Crippen molar-refractivity contribution >= 4 is 57.0 Å². The largest absolute Gasteiger partial charge is 0.341 e. The van der Waals surface area contributed by atoms with Crippen molar-refractivity contribution in [2.75, 3.05) is 28.7 Å². The van der Waals surface area contributed by atoms with Crippen LogP contribution in [0.2, 0.25) is 0 Å². The van der Waals surface area contributed by atoms with Crippen molar-refractivity contribution in [2.45, 2.75) is 25.7 Å². The summed E-state index contributed by atoms with van der Waals surface area (Å²) in [5, 5.41) is 23.2. The van der Waals surface area contributed by atoms with E-state index in [2.05, 4.69) is 66.0 Å². The van der Waals surface area contributed by atoms with E-state index in [9.17, 15) is 10.1 Å². The minimum Gasteiger partial charge on any atom is -0.341 e. The molecule has 10 heteroatoms. The fourth-order valence-electron chi connectivity index (χ4n) is 5.02. The Hall–Kier alpha value is -5.12. The molecule has 0 atom stereocenters. The van der Waals surface area contributed by atoms with Gasteiger partial charge in [-0.25, -0.2) is 5.43 Å². The molecule has 0 amide bonds. The van der Waals surface area contributed by atoms with E-state index < -0.39 is 4.92 Å². The number of nitrogens with zero attached hydrogens (tertiary/aromatic N) is 6. The molecule has 10 nitrogen and oxygen atoms in total. The highest BCUT2D eigenvalue weighted by atomic mass is 16.6. The molecule has 0 aliphatic carbocycles. The van der Waals surface area contributed by atoms with Gasteiger partial charge in [0.2, 0.25) is 17.8 Å². The van der Waals surface area contributed by atoms with Crippen LogP contribution in [0.5, 0.6) is 0 Å². The highest BCUT2D eigenvalue weighted by Crippen LogP contribution is 2.27. The normalized spacial score (nSPS) is 13.9. The number of benzene rings is 4. The van der Waals surface area contributed by atoms with Gasteiger partial charge in [-0.05, 0) is 52.6 Å². The van der Waals surface area contributed by atoms with Crippen LogP contribution in [0.4, 0.5) is 29.2 Å². The summed E-state index contributed by atoms with van der Waals surface area (Å²) in [6, 6.07) is 24.8. The third kappa shape index (κ3) is 5.51. The zero-order valence-corrected chi connectivity index (χ0v) is 21.8. The van der Waals surface area contributed by atoms with Gasteiger partial charge in [0.25, 0.3) is 5.69 Å². The molecule has 1 saturated heterocycles. The third-order valence-electron chi connectivity index (χ3n) is 7.02. The summed E-state index contributed by atoms with van der Waals surface area (Å²) < 4.78 is 0. The molecular formula is C30H28N8O2. The van der Waals surface area contributed by atoms with Crippen molar-refractivity contribution in [1.82, 2.24) is 15.0 Å². The number of nitro benzene ring substituents is 1. The molecule has 200 valence electrons. The summed E-state index contributed by atoms with van der Waals surface area (Å²) in [5.41, 5.74) is 4.68. The van der Waals surface area contributed by atoms with Gasteiger partial charge in [-0.3, -0.25) is 10.1 Å². The second-order valence-electron chi connectivity index (χ2n) is 9.72. The first kappa shape index (κ1) is 25.2. The molecule has 0 bridgehead atoms. The lowest BCUT2D eigenvalue weighted by molar-refractivity contribution is -0.384. The molecule has 5 aromatic rings. The second kappa shape index (κ2) is 11.3. The Morgan fingerprint density at radius 1 is 0.800 bits per heavy atom. The molecule has 1 aliphatic rings. The van der Waals surface area contributed by atoms with Crippen molar-refractivity contribution < 1.29 is 4.92 Å². The molecule has 0 spiro atoms. The summed E-state index contributed by atoms with van der Waals surface area (Å²) >= 11 is 0. The van der Waals surface area contributed by atoms with E-state index in [0.717, 1.165) is 53.0 Å². The van der Waals surface area contributed by atoms with Gasteiger partial charge in [0.1, 0.15) is 0 Å². The minimum atomic E-state index is -0.427. The SMILES string of the molecule is O=[N+]([O-])c1ccc(Nc2nc(NN=Cc3c4ccccc4cc4ccccc34)nc(N3CCCCCC3)n2)cc1. The molecule has 6 rings (SSSR count). The molecule has 1 aliphatic heterocycles. The topological polar surface area (TPSA) is 121 Å². The van der Waals surface area contributed by atoms with E-state index in [-0.39, 0.29) is 5.69 Å². The molecule has 4 aromatic carbocycles. The fraction of sp³-hybridized carbons (Fsp3) is 0.200. The second-order valence-corrected chi connectivity index (χ2v) is 9.72. The summed E-state index contributed by atoms with van der Waals surface area (Å²) in [6.45, 7) is 1.73. The average molecular weight is 533 g/mol. The number of hydrogen-bond donors (Lipinski definition) is 2. The van der Waals surface area contributed by atoms with Crippen LogP contribution in [0.3, 0.4) is 0 Å². The number of fused-ring (bicyclic) bond motifs is 2. The fourth-order valence-corrected chi connectivity index (χ4v) is 5.02. The Labute approximate surface area is 230 Å². The van der Waals surface area contributed by atoms with E-state index in [1.807, 2.05) is 30.5 Å². The maximum Gasteiger partial charge on any atom is 0.269 e. The Morgan fingerprint density at radius 2 is 1.43 bits per heavy atom. The van der Waals surface area contributed by atoms with Crippen LogP contribution < -0.4 is 15.6 Å². The number of hydrogen-bond acceptors (Lipinski definition) is 9. The summed E-state index contributed by atoms with van der Waals surface area (Å²) in [7, 11) is 0. The lowest BCUT2D eigenvalue weighted by Crippen LogP contribution is -2.26. The minimum absolute atomic E-state index is 0.0177. The van der Waals surface area contributed by atoms with Gasteiger partial charge in [0.15, 0.2) is 0 Å². The third-order valence-corrected chi connectivity index (χ3v) is 7.02. The zero-order chi connectivity index (χ0) is 27.3. The van der Waals surface area contributed by atoms with Gasteiger partial charge in [-0.1, -0.05) is 61.4 Å². The van der Waals surface area contributed by atoms with Gasteiger partial charge < -0.3 is 10.2 Å². The van der Waals surface area contributed by atoms with Gasteiger partial charge in [-0.15, -0.1) is 0 Å². The molecule has 0 saturated carbocycles. The van der Waals surface area contributed by atoms with Crippen molar-refractivity contribution in [2.24, 2.45) is 5.10 Å². The average Bonchev–Trinajstić information content (AvgIpc) is 3.27. The predicted octanol–water partition coefficient (Wildman–Crippen LogP) is 6.66. The van der Waals surface area contributed by atoms with Gasteiger partial charge >= 0.3 is 0 Å². The summed E-state index contributed by atoms with van der Waals surface area (Å²) in [4.78, 5) is 26.7.